The summed E-state index contributed by atoms with van der Waals surface area (Å²) in [5.74, 6) is 0.924. The van der Waals surface area contributed by atoms with Crippen molar-refractivity contribution >= 4 is 0 Å². The molecule has 15 heavy (non-hydrogen) atoms. The second-order valence-corrected chi connectivity index (χ2v) is 4.97. The summed E-state index contributed by atoms with van der Waals surface area (Å²) in [7, 11) is 0. The molecule has 2 rings (SSSR count). The molecule has 84 valence electrons. The van der Waals surface area contributed by atoms with Gasteiger partial charge in [-0.15, -0.1) is 0 Å². The number of hydrogen-bond donors (Lipinski definition) is 0. The van der Waals surface area contributed by atoms with Crippen molar-refractivity contribution in [2.24, 2.45) is 5.92 Å². The first-order valence-electron chi connectivity index (χ1n) is 6.23. The molecule has 1 saturated carbocycles. The summed E-state index contributed by atoms with van der Waals surface area (Å²) in [6.45, 7) is 6.58. The maximum absolute atomic E-state index is 4.62. The second-order valence-electron chi connectivity index (χ2n) is 4.97. The van der Waals surface area contributed by atoms with Gasteiger partial charge in [0.15, 0.2) is 0 Å². The van der Waals surface area contributed by atoms with E-state index < -0.39 is 0 Å². The fraction of sp³-hybridized carbons (Fsp3) is 0.769. The zero-order valence-corrected chi connectivity index (χ0v) is 10.2. The van der Waals surface area contributed by atoms with Crippen LogP contribution in [0.2, 0.25) is 0 Å². The van der Waals surface area contributed by atoms with Crippen molar-refractivity contribution in [2.45, 2.75) is 58.9 Å². The Balaban J connectivity index is 2.13. The van der Waals surface area contributed by atoms with Gasteiger partial charge in [0.25, 0.3) is 0 Å². The summed E-state index contributed by atoms with van der Waals surface area (Å²) >= 11 is 0. The molecule has 0 bridgehead atoms. The molecule has 1 heterocycles. The molecule has 2 unspecified atom stereocenters. The van der Waals surface area contributed by atoms with Crippen LogP contribution in [0.1, 0.15) is 56.5 Å². The maximum Gasteiger partial charge on any atom is 0.0596 e. The highest BCUT2D eigenvalue weighted by Crippen LogP contribution is 2.34. The third-order valence-electron chi connectivity index (χ3n) is 3.72. The van der Waals surface area contributed by atoms with E-state index in [0.717, 1.165) is 11.6 Å². The molecule has 0 aromatic carbocycles. The standard InChI is InChI=1S/C13H22N2/c1-4-12-6-5-7-13(9-12)15-11(3)8-10(2)14-15/h8,12-13H,4-7,9H2,1-3H3. The highest BCUT2D eigenvalue weighted by molar-refractivity contribution is 5.07. The third kappa shape index (κ3) is 2.24. The van der Waals surface area contributed by atoms with E-state index in [1.165, 1.54) is 37.8 Å². The Morgan fingerprint density at radius 3 is 2.80 bits per heavy atom. The van der Waals surface area contributed by atoms with E-state index in [4.69, 9.17) is 0 Å². The van der Waals surface area contributed by atoms with Gasteiger partial charge >= 0.3 is 0 Å². The topological polar surface area (TPSA) is 17.8 Å². The fourth-order valence-corrected chi connectivity index (χ4v) is 2.87. The molecule has 0 amide bonds. The summed E-state index contributed by atoms with van der Waals surface area (Å²) in [4.78, 5) is 0. The first-order valence-corrected chi connectivity index (χ1v) is 6.23. The van der Waals surface area contributed by atoms with Crippen LogP contribution in [0.15, 0.2) is 6.07 Å². The Morgan fingerprint density at radius 2 is 2.20 bits per heavy atom. The van der Waals surface area contributed by atoms with Gasteiger partial charge in [-0.3, -0.25) is 4.68 Å². The lowest BCUT2D eigenvalue weighted by molar-refractivity contribution is 0.244. The normalized spacial score (nSPS) is 26.9. The highest BCUT2D eigenvalue weighted by Gasteiger charge is 2.23. The molecule has 0 saturated heterocycles. The average molecular weight is 206 g/mol. The van der Waals surface area contributed by atoms with Crippen LogP contribution in [0.25, 0.3) is 0 Å². The van der Waals surface area contributed by atoms with Gasteiger partial charge in [0.2, 0.25) is 0 Å². The summed E-state index contributed by atoms with van der Waals surface area (Å²) in [6.07, 6.45) is 6.78. The predicted octanol–water partition coefficient (Wildman–Crippen LogP) is 3.64. The highest BCUT2D eigenvalue weighted by atomic mass is 15.3. The van der Waals surface area contributed by atoms with Gasteiger partial charge in [-0.25, -0.2) is 0 Å². The molecule has 2 heteroatoms. The molecule has 0 aliphatic heterocycles. The molecule has 0 spiro atoms. The number of aryl methyl sites for hydroxylation is 2. The molecular formula is C13H22N2. The second kappa shape index (κ2) is 4.38. The third-order valence-corrected chi connectivity index (χ3v) is 3.72. The van der Waals surface area contributed by atoms with Crippen molar-refractivity contribution < 1.29 is 0 Å². The minimum absolute atomic E-state index is 0.664. The minimum Gasteiger partial charge on any atom is -0.267 e. The van der Waals surface area contributed by atoms with Crippen LogP contribution in [0, 0.1) is 19.8 Å². The number of aromatic nitrogens is 2. The molecule has 1 aliphatic rings. The van der Waals surface area contributed by atoms with Crippen molar-refractivity contribution in [1.82, 2.24) is 9.78 Å². The molecule has 2 atom stereocenters. The Bertz CT molecular complexity index is 327. The molecule has 1 aromatic heterocycles. The van der Waals surface area contributed by atoms with Crippen molar-refractivity contribution in [3.05, 3.63) is 17.5 Å². The summed E-state index contributed by atoms with van der Waals surface area (Å²) in [5.41, 5.74) is 2.49. The summed E-state index contributed by atoms with van der Waals surface area (Å²) < 4.78 is 2.26. The van der Waals surface area contributed by atoms with E-state index in [1.807, 2.05) is 0 Å². The van der Waals surface area contributed by atoms with Crippen LogP contribution in [-0.4, -0.2) is 9.78 Å². The Morgan fingerprint density at radius 1 is 1.40 bits per heavy atom. The quantitative estimate of drug-likeness (QED) is 0.722. The molecule has 0 N–H and O–H groups in total. The van der Waals surface area contributed by atoms with Gasteiger partial charge < -0.3 is 0 Å². The molecule has 1 aliphatic carbocycles. The molecule has 1 aromatic rings. The van der Waals surface area contributed by atoms with E-state index in [0.29, 0.717) is 6.04 Å². The monoisotopic (exact) mass is 206 g/mol. The Hall–Kier alpha value is -0.790. The Kier molecular flexibility index (Phi) is 3.13. The van der Waals surface area contributed by atoms with Crippen LogP contribution in [0.3, 0.4) is 0 Å². The minimum atomic E-state index is 0.664. The Labute approximate surface area is 92.7 Å². The van der Waals surface area contributed by atoms with Crippen molar-refractivity contribution in [3.8, 4) is 0 Å². The molecule has 1 fully saturated rings. The molecule has 2 nitrogen and oxygen atoms in total. The SMILES string of the molecule is CCC1CCCC(n2nc(C)cc2C)C1. The lowest BCUT2D eigenvalue weighted by Crippen LogP contribution is -2.20. The van der Waals surface area contributed by atoms with E-state index in [1.54, 1.807) is 0 Å². The first kappa shape index (κ1) is 10.7. The van der Waals surface area contributed by atoms with E-state index in [-0.39, 0.29) is 0 Å². The molecular weight excluding hydrogens is 184 g/mol. The van der Waals surface area contributed by atoms with E-state index >= 15 is 0 Å². The van der Waals surface area contributed by atoms with Gasteiger partial charge in [-0.2, -0.15) is 5.10 Å². The van der Waals surface area contributed by atoms with Crippen LogP contribution in [0.5, 0.6) is 0 Å². The number of nitrogens with zero attached hydrogens (tertiary/aromatic N) is 2. The smallest absolute Gasteiger partial charge is 0.0596 e. The van der Waals surface area contributed by atoms with Crippen LogP contribution in [-0.2, 0) is 0 Å². The van der Waals surface area contributed by atoms with Gasteiger partial charge in [-0.05, 0) is 38.7 Å². The van der Waals surface area contributed by atoms with Crippen molar-refractivity contribution in [2.75, 3.05) is 0 Å². The fourth-order valence-electron chi connectivity index (χ4n) is 2.87. The average Bonchev–Trinajstić information content (AvgIpc) is 2.58. The van der Waals surface area contributed by atoms with Gasteiger partial charge in [0, 0.05) is 5.69 Å². The summed E-state index contributed by atoms with van der Waals surface area (Å²) in [5, 5.41) is 4.62. The number of rotatable bonds is 2. The van der Waals surface area contributed by atoms with E-state index in [9.17, 15) is 0 Å². The predicted molar refractivity (Wildman–Crippen MR) is 63.0 cm³/mol. The van der Waals surface area contributed by atoms with Crippen molar-refractivity contribution in [1.29, 1.82) is 0 Å². The lowest BCUT2D eigenvalue weighted by atomic mass is 9.84. The van der Waals surface area contributed by atoms with Crippen LogP contribution < -0.4 is 0 Å². The number of hydrogen-bond acceptors (Lipinski definition) is 1. The lowest BCUT2D eigenvalue weighted by Gasteiger charge is -2.29. The summed E-state index contributed by atoms with van der Waals surface area (Å²) in [6, 6.07) is 2.85. The van der Waals surface area contributed by atoms with Gasteiger partial charge in [-0.1, -0.05) is 26.2 Å². The zero-order valence-electron chi connectivity index (χ0n) is 10.2. The van der Waals surface area contributed by atoms with Crippen LogP contribution >= 0.6 is 0 Å². The maximum atomic E-state index is 4.62. The van der Waals surface area contributed by atoms with Gasteiger partial charge in [0.05, 0.1) is 11.7 Å². The first-order chi connectivity index (χ1) is 7.20. The van der Waals surface area contributed by atoms with Crippen LogP contribution in [0.4, 0.5) is 0 Å². The largest absolute Gasteiger partial charge is 0.267 e. The zero-order chi connectivity index (χ0) is 10.8. The van der Waals surface area contributed by atoms with Crippen molar-refractivity contribution in [3.63, 3.8) is 0 Å². The van der Waals surface area contributed by atoms with E-state index in [2.05, 4.69) is 36.6 Å². The molecule has 0 radical (unpaired) electrons. The van der Waals surface area contributed by atoms with Gasteiger partial charge in [0.1, 0.15) is 0 Å².